The van der Waals surface area contributed by atoms with Crippen LogP contribution in [-0.2, 0) is 29.3 Å². The van der Waals surface area contributed by atoms with Crippen LogP contribution < -0.4 is 15.2 Å². The van der Waals surface area contributed by atoms with E-state index in [1.807, 2.05) is 78.9 Å². The Hall–Kier alpha value is -5.37. The second-order valence-electron chi connectivity index (χ2n) is 11.5. The molecule has 13 nitrogen and oxygen atoms in total. The third-order valence-corrected chi connectivity index (χ3v) is 8.72. The molecule has 2 aromatic heterocycles. The highest BCUT2D eigenvalue weighted by Gasteiger charge is 2.65. The van der Waals surface area contributed by atoms with Crippen molar-refractivity contribution in [2.24, 2.45) is 0 Å². The van der Waals surface area contributed by atoms with Gasteiger partial charge in [0.25, 0.3) is 0 Å². The Bertz CT molecular complexity index is 1890. The monoisotopic (exact) mass is 651 g/mol. The fourth-order valence-electron chi connectivity index (χ4n) is 6.43. The Balaban J connectivity index is 1.30. The molecular weight excluding hydrogens is 618 g/mol. The second-order valence-corrected chi connectivity index (χ2v) is 11.5. The van der Waals surface area contributed by atoms with Crippen LogP contribution in [0.3, 0.4) is 0 Å². The zero-order valence-electron chi connectivity index (χ0n) is 26.5. The maximum atomic E-state index is 13.3. The number of rotatable bonds is 11. The molecule has 2 bridgehead atoms. The van der Waals surface area contributed by atoms with Gasteiger partial charge in [0.2, 0.25) is 0 Å². The zero-order chi connectivity index (χ0) is 33.3. The van der Waals surface area contributed by atoms with E-state index in [1.54, 1.807) is 26.5 Å². The van der Waals surface area contributed by atoms with E-state index in [-0.39, 0.29) is 13.2 Å². The average molecular weight is 652 g/mol. The summed E-state index contributed by atoms with van der Waals surface area (Å²) in [4.78, 5) is 33.8. The molecule has 13 heteroatoms. The molecule has 4 atom stereocenters. The Kier molecular flexibility index (Phi) is 8.25. The van der Waals surface area contributed by atoms with Gasteiger partial charge in [-0.2, -0.15) is 10.1 Å². The van der Waals surface area contributed by atoms with E-state index in [0.717, 1.165) is 16.7 Å². The van der Waals surface area contributed by atoms with Crippen molar-refractivity contribution in [3.05, 3.63) is 131 Å². The number of hydrogen-bond donors (Lipinski definition) is 0. The first-order chi connectivity index (χ1) is 23.4. The summed E-state index contributed by atoms with van der Waals surface area (Å²) < 4.78 is 39.5. The molecule has 0 N–H and O–H groups in total. The summed E-state index contributed by atoms with van der Waals surface area (Å²) >= 11 is 0. The van der Waals surface area contributed by atoms with Crippen molar-refractivity contribution in [2.75, 3.05) is 27.4 Å². The van der Waals surface area contributed by atoms with E-state index in [9.17, 15) is 9.59 Å². The predicted octanol–water partition coefficient (Wildman–Crippen LogP) is 3.45. The van der Waals surface area contributed by atoms with Crippen molar-refractivity contribution in [3.63, 3.8) is 0 Å². The lowest BCUT2D eigenvalue weighted by Crippen LogP contribution is -2.49. The molecule has 2 aliphatic rings. The molecule has 4 heterocycles. The van der Waals surface area contributed by atoms with Gasteiger partial charge in [-0.25, -0.2) is 14.5 Å². The minimum absolute atomic E-state index is 0.0570. The van der Waals surface area contributed by atoms with E-state index in [1.165, 1.54) is 28.8 Å². The standard InChI is InChI=1S/C35H33N5O8/c1-23(41)47-31-30-32(39-18-17-29(38-33(39)42)40-22-36-21-37-40)48-34(31,19-45-30)20-46-35(24-7-5-4-6-8-24,25-9-13-27(43-2)14-10-25)26-11-15-28(44-3)16-12-26/h4-18,21-22,30-32H,19-20H2,1-3H3. The van der Waals surface area contributed by atoms with Crippen molar-refractivity contribution >= 4 is 5.97 Å². The van der Waals surface area contributed by atoms with E-state index >= 15 is 0 Å². The highest BCUT2D eigenvalue weighted by Crippen LogP contribution is 2.49. The molecule has 3 aromatic carbocycles. The third-order valence-electron chi connectivity index (χ3n) is 8.72. The van der Waals surface area contributed by atoms with Crippen LogP contribution in [0.15, 0.2) is 109 Å². The summed E-state index contributed by atoms with van der Waals surface area (Å²) in [6, 6.07) is 26.7. The van der Waals surface area contributed by atoms with Crippen LogP contribution in [0.4, 0.5) is 0 Å². The summed E-state index contributed by atoms with van der Waals surface area (Å²) in [7, 11) is 3.22. The van der Waals surface area contributed by atoms with Gasteiger partial charge in [-0.05, 0) is 47.0 Å². The zero-order valence-corrected chi connectivity index (χ0v) is 26.5. The van der Waals surface area contributed by atoms with E-state index in [4.69, 9.17) is 28.4 Å². The smallest absolute Gasteiger partial charge is 0.351 e. The van der Waals surface area contributed by atoms with Crippen molar-refractivity contribution < 1.29 is 33.2 Å². The lowest BCUT2D eigenvalue weighted by atomic mass is 9.79. The molecule has 0 amide bonds. The highest BCUT2D eigenvalue weighted by atomic mass is 16.7. The molecule has 4 unspecified atom stereocenters. The summed E-state index contributed by atoms with van der Waals surface area (Å²) in [5.41, 5.74) is -0.577. The number of carbonyl (C=O) groups is 1. The van der Waals surface area contributed by atoms with Gasteiger partial charge in [0.1, 0.15) is 35.9 Å². The third kappa shape index (κ3) is 5.41. The van der Waals surface area contributed by atoms with Gasteiger partial charge in [-0.3, -0.25) is 9.36 Å². The number of hydrogen-bond acceptors (Lipinski definition) is 11. The number of benzene rings is 3. The minimum Gasteiger partial charge on any atom is -0.497 e. The second kappa shape index (κ2) is 12.7. The average Bonchev–Trinajstić information content (AvgIpc) is 3.85. The molecular formula is C35H33N5O8. The van der Waals surface area contributed by atoms with Crippen molar-refractivity contribution in [1.29, 1.82) is 0 Å². The lowest BCUT2D eigenvalue weighted by Gasteiger charge is -2.40. The highest BCUT2D eigenvalue weighted by molar-refractivity contribution is 5.66. The number of carbonyl (C=O) groups excluding carboxylic acids is 1. The molecule has 0 radical (unpaired) electrons. The quantitative estimate of drug-likeness (QED) is 0.153. The number of nitrogens with zero attached hydrogens (tertiary/aromatic N) is 5. The van der Waals surface area contributed by atoms with Crippen LogP contribution in [-0.4, -0.2) is 75.5 Å². The van der Waals surface area contributed by atoms with Gasteiger partial charge in [0.15, 0.2) is 23.8 Å². The van der Waals surface area contributed by atoms with E-state index < -0.39 is 41.3 Å². The van der Waals surface area contributed by atoms with Crippen molar-refractivity contribution in [1.82, 2.24) is 24.3 Å². The number of esters is 1. The van der Waals surface area contributed by atoms with Crippen LogP contribution in [0.5, 0.6) is 11.5 Å². The first kappa shape index (κ1) is 31.2. The molecule has 2 aliphatic heterocycles. The Morgan fingerprint density at radius 2 is 1.58 bits per heavy atom. The molecule has 0 saturated carbocycles. The maximum Gasteiger partial charge on any atom is 0.351 e. The van der Waals surface area contributed by atoms with Crippen molar-refractivity contribution in [2.45, 2.75) is 36.6 Å². The van der Waals surface area contributed by atoms with Gasteiger partial charge in [-0.1, -0.05) is 54.6 Å². The summed E-state index contributed by atoms with van der Waals surface area (Å²) in [5.74, 6) is 1.15. The SMILES string of the molecule is COc1ccc(C(OCC23COC(C(n4ccc(-n5cncn5)nc4=O)O2)C3OC(C)=O)(c2ccccc2)c2ccc(OC)cc2)cc1. The van der Waals surface area contributed by atoms with Crippen LogP contribution in [0, 0.1) is 0 Å². The molecule has 2 fully saturated rings. The Morgan fingerprint density at radius 1 is 0.938 bits per heavy atom. The maximum absolute atomic E-state index is 13.3. The molecule has 7 rings (SSSR count). The van der Waals surface area contributed by atoms with Crippen LogP contribution in [0.25, 0.3) is 5.82 Å². The summed E-state index contributed by atoms with van der Waals surface area (Å²) in [6.45, 7) is 1.30. The number of fused-ring (bicyclic) bond motifs is 2. The molecule has 0 spiro atoms. The molecule has 5 aromatic rings. The molecule has 246 valence electrons. The largest absolute Gasteiger partial charge is 0.497 e. The van der Waals surface area contributed by atoms with E-state index in [0.29, 0.717) is 17.3 Å². The normalized spacial score (nSPS) is 21.6. The summed E-state index contributed by atoms with van der Waals surface area (Å²) in [5, 5.41) is 4.04. The lowest BCUT2D eigenvalue weighted by molar-refractivity contribution is -0.206. The topological polar surface area (TPSA) is 138 Å². The predicted molar refractivity (Wildman–Crippen MR) is 170 cm³/mol. The number of methoxy groups -OCH3 is 2. The number of ether oxygens (including phenoxy) is 6. The minimum atomic E-state index is -1.27. The fourth-order valence-corrected chi connectivity index (χ4v) is 6.43. The fraction of sp³-hybridized carbons (Fsp3) is 0.286. The molecule has 2 saturated heterocycles. The first-order valence-electron chi connectivity index (χ1n) is 15.3. The van der Waals surface area contributed by atoms with Gasteiger partial charge in [0, 0.05) is 13.1 Å². The first-order valence-corrected chi connectivity index (χ1v) is 15.3. The summed E-state index contributed by atoms with van der Waals surface area (Å²) in [6.07, 6.45) is 1.69. The van der Waals surface area contributed by atoms with Crippen molar-refractivity contribution in [3.8, 4) is 17.3 Å². The van der Waals surface area contributed by atoms with Gasteiger partial charge < -0.3 is 28.4 Å². The van der Waals surface area contributed by atoms with Gasteiger partial charge in [-0.15, -0.1) is 0 Å². The van der Waals surface area contributed by atoms with Crippen LogP contribution >= 0.6 is 0 Å². The Morgan fingerprint density at radius 3 is 2.15 bits per heavy atom. The van der Waals surface area contributed by atoms with Gasteiger partial charge >= 0.3 is 11.7 Å². The Labute approximate surface area is 275 Å². The van der Waals surface area contributed by atoms with Crippen LogP contribution in [0.1, 0.15) is 29.8 Å². The molecule has 0 aliphatic carbocycles. The van der Waals surface area contributed by atoms with Crippen LogP contribution in [0.2, 0.25) is 0 Å². The van der Waals surface area contributed by atoms with E-state index in [2.05, 4.69) is 15.1 Å². The van der Waals surface area contributed by atoms with Gasteiger partial charge in [0.05, 0.1) is 27.4 Å². The number of aromatic nitrogens is 5. The molecule has 48 heavy (non-hydrogen) atoms.